The van der Waals surface area contributed by atoms with Crippen molar-refractivity contribution in [3.63, 3.8) is 0 Å². The lowest BCUT2D eigenvalue weighted by molar-refractivity contribution is -0.143. The van der Waals surface area contributed by atoms with Crippen molar-refractivity contribution in [2.75, 3.05) is 14.2 Å². The first-order chi connectivity index (χ1) is 12.6. The maximum atomic E-state index is 12.6. The number of ketones is 1. The smallest absolute Gasteiger partial charge is 0.323 e. The summed E-state index contributed by atoms with van der Waals surface area (Å²) in [4.78, 5) is 25.0. The molecule has 5 nitrogen and oxygen atoms in total. The number of hydrogen-bond donors (Lipinski definition) is 1. The van der Waals surface area contributed by atoms with E-state index in [2.05, 4.69) is 5.32 Å². The van der Waals surface area contributed by atoms with Crippen molar-refractivity contribution in [3.05, 3.63) is 65.7 Å². The Hall–Kier alpha value is -2.66. The van der Waals surface area contributed by atoms with Crippen LogP contribution in [0.2, 0.25) is 0 Å². The number of benzene rings is 2. The molecular weight excluding hydrogens is 330 g/mol. The van der Waals surface area contributed by atoms with Gasteiger partial charge in [0.05, 0.1) is 14.2 Å². The quantitative estimate of drug-likeness (QED) is 0.838. The molecule has 0 spiro atoms. The second-order valence-electron chi connectivity index (χ2n) is 6.49. The number of rotatable bonds is 5. The van der Waals surface area contributed by atoms with Gasteiger partial charge in [0.2, 0.25) is 0 Å². The zero-order valence-corrected chi connectivity index (χ0v) is 15.1. The van der Waals surface area contributed by atoms with Crippen molar-refractivity contribution in [3.8, 4) is 5.75 Å². The molecule has 0 aromatic heterocycles. The van der Waals surface area contributed by atoms with Gasteiger partial charge in [0.25, 0.3) is 0 Å². The van der Waals surface area contributed by atoms with Gasteiger partial charge in [-0.05, 0) is 30.2 Å². The van der Waals surface area contributed by atoms with Gasteiger partial charge in [0, 0.05) is 17.9 Å². The third-order valence-electron chi connectivity index (χ3n) is 5.05. The Morgan fingerprint density at radius 2 is 1.58 bits per heavy atom. The highest BCUT2D eigenvalue weighted by Gasteiger charge is 2.49. The first-order valence-corrected chi connectivity index (χ1v) is 8.60. The van der Waals surface area contributed by atoms with Crippen LogP contribution in [0.5, 0.6) is 5.75 Å². The summed E-state index contributed by atoms with van der Waals surface area (Å²) >= 11 is 0. The molecule has 1 heterocycles. The Bertz CT molecular complexity index is 772. The number of ether oxygens (including phenoxy) is 2. The summed E-state index contributed by atoms with van der Waals surface area (Å²) in [6.45, 7) is 1.58. The number of nitrogens with one attached hydrogen (secondary N) is 1. The van der Waals surface area contributed by atoms with Gasteiger partial charge >= 0.3 is 5.97 Å². The molecule has 0 radical (unpaired) electrons. The Morgan fingerprint density at radius 3 is 2.12 bits per heavy atom. The summed E-state index contributed by atoms with van der Waals surface area (Å²) in [5.74, 6) is -0.224. The molecule has 0 saturated carbocycles. The van der Waals surface area contributed by atoms with Crippen molar-refractivity contribution in [1.29, 1.82) is 0 Å². The molecule has 2 aromatic rings. The van der Waals surface area contributed by atoms with E-state index in [1.807, 2.05) is 54.6 Å². The van der Waals surface area contributed by atoms with E-state index in [-0.39, 0.29) is 29.6 Å². The standard InChI is InChI=1S/C21H23NO4/c1-13(23)17-18(14-7-5-4-6-8-14)20(21(24)26-3)22-19(17)15-9-11-16(25-2)12-10-15/h4-12,17-20,22H,1-3H3/t17-,18-,19-,20-/m0/s1. The topological polar surface area (TPSA) is 64.6 Å². The fourth-order valence-electron chi connectivity index (χ4n) is 3.83. The van der Waals surface area contributed by atoms with Crippen molar-refractivity contribution < 1.29 is 19.1 Å². The fourth-order valence-corrected chi connectivity index (χ4v) is 3.83. The third kappa shape index (κ3) is 3.35. The maximum Gasteiger partial charge on any atom is 0.323 e. The predicted octanol–water partition coefficient (Wildman–Crippen LogP) is 2.87. The van der Waals surface area contributed by atoms with Crippen molar-refractivity contribution >= 4 is 11.8 Å². The summed E-state index contributed by atoms with van der Waals surface area (Å²) < 4.78 is 10.2. The lowest BCUT2D eigenvalue weighted by Gasteiger charge is -2.23. The molecule has 0 unspecified atom stereocenters. The van der Waals surface area contributed by atoms with Gasteiger partial charge in [-0.25, -0.2) is 0 Å². The molecule has 26 heavy (non-hydrogen) atoms. The monoisotopic (exact) mass is 353 g/mol. The van der Waals surface area contributed by atoms with Crippen LogP contribution in [0.25, 0.3) is 0 Å². The van der Waals surface area contributed by atoms with Crippen LogP contribution in [0, 0.1) is 5.92 Å². The molecule has 1 fully saturated rings. The summed E-state index contributed by atoms with van der Waals surface area (Å²) in [5.41, 5.74) is 1.89. The summed E-state index contributed by atoms with van der Waals surface area (Å²) in [6, 6.07) is 16.4. The van der Waals surface area contributed by atoms with Gasteiger partial charge in [0.1, 0.15) is 17.6 Å². The molecule has 4 atom stereocenters. The van der Waals surface area contributed by atoms with Gasteiger partial charge in [-0.2, -0.15) is 0 Å². The van der Waals surface area contributed by atoms with E-state index >= 15 is 0 Å². The molecule has 1 saturated heterocycles. The van der Waals surface area contributed by atoms with Crippen molar-refractivity contribution in [2.45, 2.75) is 24.9 Å². The zero-order valence-electron chi connectivity index (χ0n) is 15.1. The van der Waals surface area contributed by atoms with E-state index in [9.17, 15) is 9.59 Å². The first-order valence-electron chi connectivity index (χ1n) is 8.60. The van der Waals surface area contributed by atoms with E-state index in [1.54, 1.807) is 14.0 Å². The number of hydrogen-bond acceptors (Lipinski definition) is 5. The molecule has 0 bridgehead atoms. The highest BCUT2D eigenvalue weighted by atomic mass is 16.5. The van der Waals surface area contributed by atoms with Crippen LogP contribution in [-0.2, 0) is 14.3 Å². The Balaban J connectivity index is 2.04. The largest absolute Gasteiger partial charge is 0.497 e. The molecule has 3 rings (SSSR count). The molecule has 1 aliphatic rings. The summed E-state index contributed by atoms with van der Waals surface area (Å²) in [6.07, 6.45) is 0. The first kappa shape index (κ1) is 18.1. The molecule has 0 aliphatic carbocycles. The van der Waals surface area contributed by atoms with Gasteiger partial charge in [-0.3, -0.25) is 14.9 Å². The number of methoxy groups -OCH3 is 2. The van der Waals surface area contributed by atoms with Crippen LogP contribution in [0.4, 0.5) is 0 Å². The molecule has 1 aliphatic heterocycles. The molecular formula is C21H23NO4. The van der Waals surface area contributed by atoms with Crippen LogP contribution in [0.3, 0.4) is 0 Å². The Labute approximate surface area is 153 Å². The van der Waals surface area contributed by atoms with E-state index in [0.29, 0.717) is 0 Å². The molecule has 2 aromatic carbocycles. The minimum atomic E-state index is -0.580. The molecule has 136 valence electrons. The van der Waals surface area contributed by atoms with Gasteiger partial charge in [-0.15, -0.1) is 0 Å². The lowest BCUT2D eigenvalue weighted by atomic mass is 9.78. The van der Waals surface area contributed by atoms with E-state index in [0.717, 1.165) is 16.9 Å². The lowest BCUT2D eigenvalue weighted by Crippen LogP contribution is -2.36. The second-order valence-corrected chi connectivity index (χ2v) is 6.49. The molecule has 5 heteroatoms. The average molecular weight is 353 g/mol. The Morgan fingerprint density at radius 1 is 0.923 bits per heavy atom. The van der Waals surface area contributed by atoms with E-state index in [4.69, 9.17) is 9.47 Å². The minimum Gasteiger partial charge on any atom is -0.497 e. The minimum absolute atomic E-state index is 0.0403. The van der Waals surface area contributed by atoms with Crippen molar-refractivity contribution in [1.82, 2.24) is 5.32 Å². The van der Waals surface area contributed by atoms with Crippen LogP contribution in [0.15, 0.2) is 54.6 Å². The predicted molar refractivity (Wildman–Crippen MR) is 98.0 cm³/mol. The maximum absolute atomic E-state index is 12.6. The highest BCUT2D eigenvalue weighted by molar-refractivity contribution is 5.85. The van der Waals surface area contributed by atoms with Crippen LogP contribution in [-0.4, -0.2) is 32.0 Å². The van der Waals surface area contributed by atoms with Crippen LogP contribution >= 0.6 is 0 Å². The fraction of sp³-hybridized carbons (Fsp3) is 0.333. The summed E-state index contributed by atoms with van der Waals surface area (Å²) in [7, 11) is 2.98. The highest BCUT2D eigenvalue weighted by Crippen LogP contribution is 2.44. The van der Waals surface area contributed by atoms with Crippen LogP contribution < -0.4 is 10.1 Å². The zero-order chi connectivity index (χ0) is 18.7. The number of carbonyl (C=O) groups excluding carboxylic acids is 2. The number of carbonyl (C=O) groups is 2. The van der Waals surface area contributed by atoms with Gasteiger partial charge in [0.15, 0.2) is 0 Å². The van der Waals surface area contributed by atoms with E-state index in [1.165, 1.54) is 7.11 Å². The Kier molecular flexibility index (Phi) is 5.38. The SMILES string of the molecule is COC(=O)[C@H]1N[C@@H](c2ccc(OC)cc2)[C@@H](C(C)=O)[C@@H]1c1ccccc1. The third-order valence-corrected chi connectivity index (χ3v) is 5.05. The van der Waals surface area contributed by atoms with Gasteiger partial charge in [-0.1, -0.05) is 42.5 Å². The summed E-state index contributed by atoms with van der Waals surface area (Å²) in [5, 5.41) is 3.34. The van der Waals surface area contributed by atoms with Crippen LogP contribution in [0.1, 0.15) is 30.0 Å². The molecule has 1 N–H and O–H groups in total. The van der Waals surface area contributed by atoms with Crippen molar-refractivity contribution in [2.24, 2.45) is 5.92 Å². The number of esters is 1. The number of Topliss-reactive ketones (excluding diaryl/α,β-unsaturated/α-hetero) is 1. The van der Waals surface area contributed by atoms with E-state index < -0.39 is 6.04 Å². The molecule has 0 amide bonds. The normalized spacial score (nSPS) is 24.9. The van der Waals surface area contributed by atoms with Gasteiger partial charge < -0.3 is 9.47 Å². The average Bonchev–Trinajstić information content (AvgIpc) is 3.09. The second kappa shape index (κ2) is 7.70.